The van der Waals surface area contributed by atoms with Gasteiger partial charge in [0.25, 0.3) is 0 Å². The number of allylic oxidation sites excluding steroid dienone is 4. The molecule has 1 aliphatic carbocycles. The molecule has 1 N–H and O–H groups in total. The average Bonchev–Trinajstić information content (AvgIpc) is 3.12. The van der Waals surface area contributed by atoms with E-state index in [1.165, 1.54) is 37.7 Å². The van der Waals surface area contributed by atoms with Gasteiger partial charge in [-0.3, -0.25) is 4.90 Å². The van der Waals surface area contributed by atoms with Crippen molar-refractivity contribution < 1.29 is 14.3 Å². The molecule has 0 aromatic heterocycles. The number of hydrogen-bond donors (Lipinski definition) is 1. The third-order valence-electron chi connectivity index (χ3n) is 7.44. The van der Waals surface area contributed by atoms with Gasteiger partial charge in [-0.15, -0.1) is 0 Å². The zero-order valence-corrected chi connectivity index (χ0v) is 24.4. The number of benzene rings is 2. The second-order valence-corrected chi connectivity index (χ2v) is 11.6. The number of anilines is 1. The zero-order chi connectivity index (χ0) is 28.7. The minimum Gasteiger partial charge on any atom is -0.444 e. The number of urea groups is 1. The Kier molecular flexibility index (Phi) is 9.51. The molecule has 0 spiro atoms. The summed E-state index contributed by atoms with van der Waals surface area (Å²) in [6, 6.07) is 14.8. The average molecular weight is 542 g/mol. The third-order valence-corrected chi connectivity index (χ3v) is 7.44. The highest BCUT2D eigenvalue weighted by molar-refractivity contribution is 5.95. The van der Waals surface area contributed by atoms with E-state index in [0.29, 0.717) is 31.2 Å². The van der Waals surface area contributed by atoms with Gasteiger partial charge in [-0.25, -0.2) is 9.59 Å². The van der Waals surface area contributed by atoms with Gasteiger partial charge in [-0.1, -0.05) is 68.3 Å². The van der Waals surface area contributed by atoms with Crippen LogP contribution in [0.1, 0.15) is 76.8 Å². The number of fused-ring (bicyclic) bond motifs is 1. The Morgan fingerprint density at radius 1 is 1.00 bits per heavy atom. The fourth-order valence-electron chi connectivity index (χ4n) is 5.49. The number of amides is 3. The van der Waals surface area contributed by atoms with E-state index >= 15 is 0 Å². The van der Waals surface area contributed by atoms with E-state index in [2.05, 4.69) is 48.3 Å². The minimum atomic E-state index is -0.609. The largest absolute Gasteiger partial charge is 0.444 e. The molecule has 3 amide bonds. The minimum absolute atomic E-state index is 0.261. The van der Waals surface area contributed by atoms with Crippen LogP contribution < -0.4 is 10.2 Å². The molecule has 1 heterocycles. The van der Waals surface area contributed by atoms with E-state index in [1.807, 2.05) is 45.9 Å². The summed E-state index contributed by atoms with van der Waals surface area (Å²) in [4.78, 5) is 30.0. The Hall–Kier alpha value is -3.80. The molecule has 1 saturated carbocycles. The molecular formula is C34H43N3O3. The number of ether oxygens (including phenoxy) is 1. The summed E-state index contributed by atoms with van der Waals surface area (Å²) < 4.78 is 5.70. The van der Waals surface area contributed by atoms with Gasteiger partial charge in [0, 0.05) is 18.8 Å². The lowest BCUT2D eigenvalue weighted by Crippen LogP contribution is -2.43. The standard InChI is InChI=1S/C34H43N3O3/c1-6-11-30(12-7-2)35-32(38)37-22-21-36(33(39)40-34(3,4)5)24-29-23-28(19-20-31(29)37)27-17-15-26(16-18-27)25-13-9-8-10-14-25/h6-7,11-12,15-20,23,25H,1,8-10,13-14,21-22,24H2,2-5H3,(H,35,38)/b12-7-,30-11+. The van der Waals surface area contributed by atoms with E-state index in [-0.39, 0.29) is 12.1 Å². The summed E-state index contributed by atoms with van der Waals surface area (Å²) in [6.45, 7) is 12.3. The van der Waals surface area contributed by atoms with Crippen molar-refractivity contribution >= 4 is 17.8 Å². The molecule has 212 valence electrons. The molecule has 2 aromatic carbocycles. The van der Waals surface area contributed by atoms with E-state index in [4.69, 9.17) is 4.74 Å². The van der Waals surface area contributed by atoms with Gasteiger partial charge in [-0.2, -0.15) is 0 Å². The smallest absolute Gasteiger partial charge is 0.410 e. The van der Waals surface area contributed by atoms with Crippen LogP contribution in [0.5, 0.6) is 0 Å². The molecule has 6 heteroatoms. The Morgan fingerprint density at radius 3 is 2.35 bits per heavy atom. The highest BCUT2D eigenvalue weighted by atomic mass is 16.6. The lowest BCUT2D eigenvalue weighted by molar-refractivity contribution is 0.0243. The molecule has 0 radical (unpaired) electrons. The maximum absolute atomic E-state index is 13.5. The van der Waals surface area contributed by atoms with Crippen molar-refractivity contribution in [3.8, 4) is 11.1 Å². The molecular weight excluding hydrogens is 498 g/mol. The van der Waals surface area contributed by atoms with Crippen molar-refractivity contribution in [1.29, 1.82) is 0 Å². The van der Waals surface area contributed by atoms with Gasteiger partial charge >= 0.3 is 12.1 Å². The van der Waals surface area contributed by atoms with Crippen LogP contribution in [-0.4, -0.2) is 35.7 Å². The molecule has 4 rings (SSSR count). The lowest BCUT2D eigenvalue weighted by Gasteiger charge is -2.26. The van der Waals surface area contributed by atoms with Gasteiger partial charge in [0.1, 0.15) is 5.60 Å². The SMILES string of the molecule is C=C/C=C(\C=C/C)NC(=O)N1CCN(C(=O)OC(C)(C)C)Cc2cc(-c3ccc(C4CCCCC4)cc3)ccc21. The van der Waals surface area contributed by atoms with Crippen molar-refractivity contribution in [2.45, 2.75) is 77.9 Å². The Bertz CT molecular complexity index is 1260. The van der Waals surface area contributed by atoms with E-state index in [0.717, 1.165) is 22.4 Å². The number of nitrogens with zero attached hydrogens (tertiary/aromatic N) is 2. The summed E-state index contributed by atoms with van der Waals surface area (Å²) in [7, 11) is 0. The molecule has 6 nitrogen and oxygen atoms in total. The van der Waals surface area contributed by atoms with Gasteiger partial charge in [0.05, 0.1) is 12.2 Å². The Balaban J connectivity index is 1.65. The predicted molar refractivity (Wildman–Crippen MR) is 163 cm³/mol. The second kappa shape index (κ2) is 13.0. The molecule has 2 aliphatic rings. The topological polar surface area (TPSA) is 61.9 Å². The molecule has 2 aromatic rings. The molecule has 1 fully saturated rings. The van der Waals surface area contributed by atoms with Crippen LogP contribution in [-0.2, 0) is 11.3 Å². The fraction of sp³-hybridized carbons (Fsp3) is 0.412. The molecule has 0 bridgehead atoms. The maximum Gasteiger partial charge on any atom is 0.410 e. The van der Waals surface area contributed by atoms with Crippen LogP contribution in [0.15, 0.2) is 79.0 Å². The summed E-state index contributed by atoms with van der Waals surface area (Å²) in [5.74, 6) is 0.659. The van der Waals surface area contributed by atoms with Gasteiger partial charge in [-0.05, 0) is 93.0 Å². The first-order valence-corrected chi connectivity index (χ1v) is 14.4. The van der Waals surface area contributed by atoms with Gasteiger partial charge in [0.2, 0.25) is 0 Å². The monoisotopic (exact) mass is 541 g/mol. The summed E-state index contributed by atoms with van der Waals surface area (Å²) in [6.07, 6.45) is 13.2. The van der Waals surface area contributed by atoms with Gasteiger partial charge in [0.15, 0.2) is 0 Å². The van der Waals surface area contributed by atoms with E-state index in [1.54, 1.807) is 22.0 Å². The second-order valence-electron chi connectivity index (χ2n) is 11.6. The first-order valence-electron chi connectivity index (χ1n) is 14.4. The quantitative estimate of drug-likeness (QED) is 0.387. The molecule has 0 atom stereocenters. The summed E-state index contributed by atoms with van der Waals surface area (Å²) in [5.41, 5.74) is 5.31. The first kappa shape index (κ1) is 29.2. The fourth-order valence-corrected chi connectivity index (χ4v) is 5.49. The number of nitrogens with one attached hydrogen (secondary N) is 1. The molecule has 1 aliphatic heterocycles. The van der Waals surface area contributed by atoms with Crippen LogP contribution >= 0.6 is 0 Å². The Labute approximate surface area is 239 Å². The van der Waals surface area contributed by atoms with Gasteiger partial charge < -0.3 is 15.0 Å². The molecule has 0 unspecified atom stereocenters. The first-order chi connectivity index (χ1) is 19.2. The highest BCUT2D eigenvalue weighted by Gasteiger charge is 2.29. The number of rotatable bonds is 5. The normalized spacial score (nSPS) is 16.9. The van der Waals surface area contributed by atoms with Crippen molar-refractivity contribution in [2.24, 2.45) is 0 Å². The highest BCUT2D eigenvalue weighted by Crippen LogP contribution is 2.35. The van der Waals surface area contributed by atoms with Crippen LogP contribution in [0.3, 0.4) is 0 Å². The summed E-state index contributed by atoms with van der Waals surface area (Å²) in [5, 5.41) is 2.98. The molecule has 0 saturated heterocycles. The van der Waals surface area contributed by atoms with E-state index < -0.39 is 5.60 Å². The maximum atomic E-state index is 13.5. The number of carbonyl (C=O) groups is 2. The van der Waals surface area contributed by atoms with Crippen LogP contribution in [0.4, 0.5) is 15.3 Å². The number of carbonyl (C=O) groups excluding carboxylic acids is 2. The van der Waals surface area contributed by atoms with Crippen LogP contribution in [0, 0.1) is 0 Å². The van der Waals surface area contributed by atoms with E-state index in [9.17, 15) is 9.59 Å². The van der Waals surface area contributed by atoms with Crippen molar-refractivity contribution in [2.75, 3.05) is 18.0 Å². The van der Waals surface area contributed by atoms with Crippen molar-refractivity contribution in [3.63, 3.8) is 0 Å². The molecule has 40 heavy (non-hydrogen) atoms. The van der Waals surface area contributed by atoms with Crippen molar-refractivity contribution in [3.05, 3.63) is 90.2 Å². The van der Waals surface area contributed by atoms with Crippen LogP contribution in [0.25, 0.3) is 11.1 Å². The lowest BCUT2D eigenvalue weighted by atomic mass is 9.83. The Morgan fingerprint density at radius 2 is 1.70 bits per heavy atom. The number of hydrogen-bond acceptors (Lipinski definition) is 3. The van der Waals surface area contributed by atoms with Crippen LogP contribution in [0.2, 0.25) is 0 Å². The van der Waals surface area contributed by atoms with Crippen molar-refractivity contribution in [1.82, 2.24) is 10.2 Å². The third kappa shape index (κ3) is 7.44. The zero-order valence-electron chi connectivity index (χ0n) is 24.4. The predicted octanol–water partition coefficient (Wildman–Crippen LogP) is 8.31. The summed E-state index contributed by atoms with van der Waals surface area (Å²) >= 11 is 0.